The van der Waals surface area contributed by atoms with Crippen LogP contribution in [0.1, 0.15) is 53.9 Å². The average Bonchev–Trinajstić information content (AvgIpc) is 3.62. The van der Waals surface area contributed by atoms with Crippen molar-refractivity contribution in [2.24, 2.45) is 11.8 Å². The maximum absolute atomic E-state index is 15.3. The molecule has 2 N–H and O–H groups in total. The summed E-state index contributed by atoms with van der Waals surface area (Å²) >= 11 is 7.73. The number of aliphatic carboxylic acids is 2. The molecule has 0 radical (unpaired) electrons. The van der Waals surface area contributed by atoms with Crippen LogP contribution in [0, 0.1) is 17.7 Å². The average molecular weight is 666 g/mol. The van der Waals surface area contributed by atoms with Crippen molar-refractivity contribution < 1.29 is 52.7 Å². The van der Waals surface area contributed by atoms with Gasteiger partial charge in [-0.2, -0.15) is 0 Å². The van der Waals surface area contributed by atoms with Gasteiger partial charge in [0.25, 0.3) is 0 Å². The van der Waals surface area contributed by atoms with E-state index in [9.17, 15) is 19.2 Å². The van der Waals surface area contributed by atoms with Gasteiger partial charge in [-0.3, -0.25) is 19.2 Å². The Kier molecular flexibility index (Phi) is 10.8. The molecule has 1 aliphatic rings. The van der Waals surface area contributed by atoms with Crippen LogP contribution in [0.3, 0.4) is 0 Å². The Morgan fingerprint density at radius 2 is 1.53 bits per heavy atom. The van der Waals surface area contributed by atoms with Gasteiger partial charge in [0.15, 0.2) is 34.6 Å². The number of ketones is 1. The molecule has 3 aromatic rings. The fourth-order valence-corrected chi connectivity index (χ4v) is 6.26. The molecule has 14 heteroatoms. The second-order valence-electron chi connectivity index (χ2n) is 10.7. The van der Waals surface area contributed by atoms with Crippen molar-refractivity contribution in [2.45, 2.75) is 46.2 Å². The Bertz CT molecular complexity index is 1640. The lowest BCUT2D eigenvalue weighted by molar-refractivity contribution is -0.145. The molecule has 0 saturated heterocycles. The molecular weight excluding hydrogens is 633 g/mol. The monoisotopic (exact) mass is 665 g/mol. The molecule has 2 unspecified atom stereocenters. The number of carbonyl (C=O) groups is 4. The summed E-state index contributed by atoms with van der Waals surface area (Å²) in [5.74, 6) is -4.43. The molecule has 2 heterocycles. The third kappa shape index (κ3) is 7.42. The number of methoxy groups -OCH3 is 2. The third-order valence-electron chi connectivity index (χ3n) is 7.42. The lowest BCUT2D eigenvalue weighted by atomic mass is 10.0. The number of hydrogen-bond acceptors (Lipinski definition) is 9. The number of nitrogens with zero attached hydrogens (tertiary/aromatic N) is 1. The van der Waals surface area contributed by atoms with Crippen molar-refractivity contribution in [2.75, 3.05) is 27.4 Å². The van der Waals surface area contributed by atoms with Crippen LogP contribution in [-0.4, -0.2) is 66.2 Å². The summed E-state index contributed by atoms with van der Waals surface area (Å²) in [6.07, 6.45) is 0.0482. The fourth-order valence-electron chi connectivity index (χ4n) is 4.84. The summed E-state index contributed by atoms with van der Waals surface area (Å²) < 4.78 is 38.4. The number of carboxylic acid groups (broad SMARTS) is 2. The summed E-state index contributed by atoms with van der Waals surface area (Å²) in [5, 5.41) is 19.1. The second-order valence-corrected chi connectivity index (χ2v) is 12.2. The van der Waals surface area contributed by atoms with Gasteiger partial charge >= 0.3 is 11.9 Å². The molecule has 0 fully saturated rings. The molecule has 0 saturated carbocycles. The van der Waals surface area contributed by atoms with Crippen LogP contribution in [-0.2, 0) is 27.5 Å². The van der Waals surface area contributed by atoms with Gasteiger partial charge in [0.2, 0.25) is 5.91 Å². The van der Waals surface area contributed by atoms with E-state index < -0.39 is 29.6 Å². The van der Waals surface area contributed by atoms with Crippen LogP contribution in [0.5, 0.6) is 23.0 Å². The van der Waals surface area contributed by atoms with E-state index in [0.29, 0.717) is 38.3 Å². The number of halogens is 2. The summed E-state index contributed by atoms with van der Waals surface area (Å²) in [6, 6.07) is 4.96. The number of rotatable bonds is 15. The zero-order valence-corrected chi connectivity index (χ0v) is 26.7. The van der Waals surface area contributed by atoms with Gasteiger partial charge < -0.3 is 34.1 Å². The molecule has 1 amide bonds. The minimum absolute atomic E-state index is 0.00674. The van der Waals surface area contributed by atoms with E-state index in [4.69, 9.17) is 40.8 Å². The standard InChI is InChI=1S/C31H33ClFNO10S/c1-15(30(37)38)8-20(35)23-12-17-10-21(27(41-3)25(32)29(17)45-23)43-6-5-7-44-22-11-18-13-34(24(36)9-16(2)31(39)40)14-19(18)26(33)28(22)42-4/h10-12,15-16H,5-9,13-14H2,1-4H3,(H,37,38)(H,39,40). The van der Waals surface area contributed by atoms with Gasteiger partial charge in [-0.05, 0) is 29.1 Å². The van der Waals surface area contributed by atoms with Crippen molar-refractivity contribution in [1.82, 2.24) is 4.90 Å². The Hall–Kier alpha value is -4.10. The first-order valence-electron chi connectivity index (χ1n) is 14.1. The first-order valence-corrected chi connectivity index (χ1v) is 15.3. The third-order valence-corrected chi connectivity index (χ3v) is 9.10. The molecule has 0 bridgehead atoms. The lowest BCUT2D eigenvalue weighted by Gasteiger charge is -2.16. The molecular formula is C31H33ClFNO10S. The Morgan fingerprint density at radius 1 is 0.933 bits per heavy atom. The number of hydrogen-bond donors (Lipinski definition) is 2. The summed E-state index contributed by atoms with van der Waals surface area (Å²) in [6.45, 7) is 3.35. The minimum atomic E-state index is -1.08. The predicted octanol–water partition coefficient (Wildman–Crippen LogP) is 5.81. The zero-order chi connectivity index (χ0) is 33.0. The molecule has 45 heavy (non-hydrogen) atoms. The highest BCUT2D eigenvalue weighted by atomic mass is 35.5. The first kappa shape index (κ1) is 33.8. The van der Waals surface area contributed by atoms with Gasteiger partial charge in [0, 0.05) is 37.9 Å². The number of carboxylic acids is 2. The molecule has 1 aliphatic heterocycles. The molecule has 2 aromatic carbocycles. The maximum atomic E-state index is 15.3. The number of benzene rings is 2. The molecule has 1 aromatic heterocycles. The highest BCUT2D eigenvalue weighted by Gasteiger charge is 2.31. The van der Waals surface area contributed by atoms with Gasteiger partial charge in [0.1, 0.15) is 5.02 Å². The van der Waals surface area contributed by atoms with E-state index in [0.717, 1.165) is 11.3 Å². The highest BCUT2D eigenvalue weighted by molar-refractivity contribution is 7.21. The van der Waals surface area contributed by atoms with E-state index >= 15 is 4.39 Å². The van der Waals surface area contributed by atoms with Gasteiger partial charge in [-0.15, -0.1) is 11.3 Å². The SMILES string of the molecule is COc1c(OCCCOc2cc3cc(C(=O)CC(C)C(=O)O)sc3c(Cl)c2OC)cc2c(c1F)CN(C(=O)CC(C)C(=O)O)C2. The summed E-state index contributed by atoms with van der Waals surface area (Å²) in [4.78, 5) is 49.3. The first-order chi connectivity index (χ1) is 21.4. The maximum Gasteiger partial charge on any atom is 0.306 e. The number of amides is 1. The molecule has 0 aliphatic carbocycles. The predicted molar refractivity (Wildman–Crippen MR) is 163 cm³/mol. The van der Waals surface area contributed by atoms with Gasteiger partial charge in [-0.1, -0.05) is 25.4 Å². The second kappa shape index (κ2) is 14.3. The lowest BCUT2D eigenvalue weighted by Crippen LogP contribution is -2.28. The Labute approximate surface area is 267 Å². The number of fused-ring (bicyclic) bond motifs is 2. The van der Waals surface area contributed by atoms with Crippen LogP contribution in [0.15, 0.2) is 18.2 Å². The fraction of sp³-hybridized carbons (Fsp3) is 0.419. The van der Waals surface area contributed by atoms with E-state index in [1.165, 1.54) is 33.0 Å². The van der Waals surface area contributed by atoms with Crippen molar-refractivity contribution >= 4 is 56.7 Å². The number of ether oxygens (including phenoxy) is 4. The summed E-state index contributed by atoms with van der Waals surface area (Å²) in [5.41, 5.74) is 0.850. The Morgan fingerprint density at radius 3 is 2.13 bits per heavy atom. The molecule has 242 valence electrons. The van der Waals surface area contributed by atoms with Crippen molar-refractivity contribution in [1.29, 1.82) is 0 Å². The zero-order valence-electron chi connectivity index (χ0n) is 25.1. The Balaban J connectivity index is 1.40. The van der Waals surface area contributed by atoms with E-state index in [1.807, 2.05) is 0 Å². The smallest absolute Gasteiger partial charge is 0.306 e. The van der Waals surface area contributed by atoms with Gasteiger partial charge in [0.05, 0.1) is 48.8 Å². The molecule has 11 nitrogen and oxygen atoms in total. The van der Waals surface area contributed by atoms with Crippen LogP contribution in [0.25, 0.3) is 10.1 Å². The molecule has 4 rings (SSSR count). The van der Waals surface area contributed by atoms with E-state index in [2.05, 4.69) is 0 Å². The van der Waals surface area contributed by atoms with Crippen LogP contribution < -0.4 is 18.9 Å². The van der Waals surface area contributed by atoms with E-state index in [-0.39, 0.29) is 73.1 Å². The van der Waals surface area contributed by atoms with Crippen LogP contribution in [0.2, 0.25) is 5.02 Å². The topological polar surface area (TPSA) is 149 Å². The summed E-state index contributed by atoms with van der Waals surface area (Å²) in [7, 11) is 2.75. The molecule has 0 spiro atoms. The normalized spacial score (nSPS) is 13.7. The van der Waals surface area contributed by atoms with Crippen molar-refractivity contribution in [3.8, 4) is 23.0 Å². The molecule has 2 atom stereocenters. The van der Waals surface area contributed by atoms with Crippen molar-refractivity contribution in [3.63, 3.8) is 0 Å². The number of thiophene rings is 1. The minimum Gasteiger partial charge on any atom is -0.491 e. The number of Topliss-reactive ketones (excluding diaryl/α,β-unsaturated/α-hetero) is 1. The van der Waals surface area contributed by atoms with Crippen LogP contribution >= 0.6 is 22.9 Å². The van der Waals surface area contributed by atoms with Gasteiger partial charge in [-0.25, -0.2) is 4.39 Å². The highest BCUT2D eigenvalue weighted by Crippen LogP contribution is 2.45. The largest absolute Gasteiger partial charge is 0.491 e. The van der Waals surface area contributed by atoms with Crippen LogP contribution in [0.4, 0.5) is 4.39 Å². The number of carbonyl (C=O) groups excluding carboxylic acids is 2. The quantitative estimate of drug-likeness (QED) is 0.151. The van der Waals surface area contributed by atoms with Crippen molar-refractivity contribution in [3.05, 3.63) is 45.0 Å². The van der Waals surface area contributed by atoms with E-state index in [1.54, 1.807) is 18.2 Å².